The Labute approximate surface area is 118 Å². The molecule has 0 aliphatic rings. The number of carbonyl (C=O) groups excluding carboxylic acids is 1. The van der Waals surface area contributed by atoms with Gasteiger partial charge in [-0.2, -0.15) is 0 Å². The van der Waals surface area contributed by atoms with Gasteiger partial charge in [0.1, 0.15) is 0 Å². The fourth-order valence-corrected chi connectivity index (χ4v) is 2.85. The van der Waals surface area contributed by atoms with Crippen LogP contribution >= 0.6 is 11.6 Å². The molecule has 0 bridgehead atoms. The van der Waals surface area contributed by atoms with Crippen molar-refractivity contribution < 1.29 is 17.9 Å². The van der Waals surface area contributed by atoms with Gasteiger partial charge in [-0.1, -0.05) is 12.1 Å². The summed E-state index contributed by atoms with van der Waals surface area (Å²) in [5, 5.41) is 0. The van der Waals surface area contributed by atoms with Gasteiger partial charge in [0.2, 0.25) is 10.0 Å². The van der Waals surface area contributed by atoms with Crippen LogP contribution in [0.3, 0.4) is 0 Å². The Kier molecular flexibility index (Phi) is 6.11. The maximum Gasteiger partial charge on any atom is 0.340 e. The van der Waals surface area contributed by atoms with Gasteiger partial charge in [0.25, 0.3) is 0 Å². The largest absolute Gasteiger partial charge is 0.462 e. The average Bonchev–Trinajstić information content (AvgIpc) is 2.37. The lowest BCUT2D eigenvalue weighted by molar-refractivity contribution is 0.0527. The molecule has 0 aliphatic carbocycles. The summed E-state index contributed by atoms with van der Waals surface area (Å²) in [5.41, 5.74) is 0.411. The highest BCUT2D eigenvalue weighted by Gasteiger charge is 2.16. The number of esters is 1. The van der Waals surface area contributed by atoms with Gasteiger partial charge in [-0.15, -0.1) is 11.6 Å². The number of nitrogens with one attached hydrogen (secondary N) is 1. The lowest BCUT2D eigenvalue weighted by atomic mass is 10.2. The SMILES string of the molecule is CCOC(=O)c1ccccc1NS(=O)(=O)CCCCl. The third kappa shape index (κ3) is 5.08. The summed E-state index contributed by atoms with van der Waals surface area (Å²) in [6.07, 6.45) is 0.346. The third-order valence-corrected chi connectivity index (χ3v) is 3.86. The molecule has 1 aromatic rings. The summed E-state index contributed by atoms with van der Waals surface area (Å²) in [6.45, 7) is 1.91. The van der Waals surface area contributed by atoms with E-state index >= 15 is 0 Å². The van der Waals surface area contributed by atoms with Crippen LogP contribution in [0.25, 0.3) is 0 Å². The lowest BCUT2D eigenvalue weighted by Crippen LogP contribution is -2.19. The first-order valence-electron chi connectivity index (χ1n) is 5.82. The number of halogens is 1. The van der Waals surface area contributed by atoms with Crippen molar-refractivity contribution in [2.24, 2.45) is 0 Å². The van der Waals surface area contributed by atoms with E-state index in [1.54, 1.807) is 19.1 Å². The highest BCUT2D eigenvalue weighted by atomic mass is 35.5. The number of para-hydroxylation sites is 1. The Morgan fingerprint density at radius 1 is 1.37 bits per heavy atom. The van der Waals surface area contributed by atoms with Crippen molar-refractivity contribution in [1.29, 1.82) is 0 Å². The quantitative estimate of drug-likeness (QED) is 0.619. The van der Waals surface area contributed by atoms with E-state index in [-0.39, 0.29) is 29.5 Å². The van der Waals surface area contributed by atoms with Gasteiger partial charge < -0.3 is 4.74 Å². The molecule has 0 saturated carbocycles. The molecule has 0 fully saturated rings. The number of anilines is 1. The number of carbonyl (C=O) groups is 1. The normalized spacial score (nSPS) is 11.1. The second-order valence-electron chi connectivity index (χ2n) is 3.73. The first-order chi connectivity index (χ1) is 9.00. The Balaban J connectivity index is 2.92. The van der Waals surface area contributed by atoms with Crippen molar-refractivity contribution >= 4 is 33.3 Å². The van der Waals surface area contributed by atoms with Gasteiger partial charge in [-0.25, -0.2) is 13.2 Å². The molecule has 0 saturated heterocycles. The molecule has 0 radical (unpaired) electrons. The molecule has 0 unspecified atom stereocenters. The van der Waals surface area contributed by atoms with E-state index in [0.29, 0.717) is 6.42 Å². The molecule has 19 heavy (non-hydrogen) atoms. The first-order valence-corrected chi connectivity index (χ1v) is 8.01. The minimum Gasteiger partial charge on any atom is -0.462 e. The second kappa shape index (κ2) is 7.35. The summed E-state index contributed by atoms with van der Waals surface area (Å²) in [5.74, 6) is -0.383. The van der Waals surface area contributed by atoms with Crippen LogP contribution < -0.4 is 4.72 Å². The Morgan fingerprint density at radius 3 is 2.68 bits per heavy atom. The standard InChI is InChI=1S/C12H16ClNO4S/c1-2-18-12(15)10-6-3-4-7-11(10)14-19(16,17)9-5-8-13/h3-4,6-7,14H,2,5,8-9H2,1H3. The van der Waals surface area contributed by atoms with Gasteiger partial charge in [-0.3, -0.25) is 4.72 Å². The molecule has 0 atom stereocenters. The van der Waals surface area contributed by atoms with Crippen LogP contribution in [-0.2, 0) is 14.8 Å². The number of ether oxygens (including phenoxy) is 1. The molecule has 7 heteroatoms. The molecule has 106 valence electrons. The summed E-state index contributed by atoms with van der Waals surface area (Å²) in [4.78, 5) is 11.7. The Morgan fingerprint density at radius 2 is 2.05 bits per heavy atom. The Hall–Kier alpha value is -1.27. The van der Waals surface area contributed by atoms with Gasteiger partial charge in [0.15, 0.2) is 0 Å². The van der Waals surface area contributed by atoms with Crippen LogP contribution in [-0.4, -0.2) is 32.6 Å². The van der Waals surface area contributed by atoms with Crippen LogP contribution in [0.1, 0.15) is 23.7 Å². The highest BCUT2D eigenvalue weighted by molar-refractivity contribution is 7.92. The average molecular weight is 306 g/mol. The number of hydrogen-bond donors (Lipinski definition) is 1. The topological polar surface area (TPSA) is 72.5 Å². The number of hydrogen-bond acceptors (Lipinski definition) is 4. The smallest absolute Gasteiger partial charge is 0.340 e. The molecule has 0 aromatic heterocycles. The van der Waals surface area contributed by atoms with E-state index < -0.39 is 16.0 Å². The predicted octanol–water partition coefficient (Wildman–Crippen LogP) is 2.23. The van der Waals surface area contributed by atoms with E-state index in [9.17, 15) is 13.2 Å². The van der Waals surface area contributed by atoms with Crippen molar-refractivity contribution in [2.45, 2.75) is 13.3 Å². The molecule has 0 spiro atoms. The van der Waals surface area contributed by atoms with E-state index in [4.69, 9.17) is 16.3 Å². The van der Waals surface area contributed by atoms with Crippen molar-refractivity contribution in [2.75, 3.05) is 23.0 Å². The molecular weight excluding hydrogens is 290 g/mol. The summed E-state index contributed by atoms with van der Waals surface area (Å²) in [6, 6.07) is 6.31. The monoisotopic (exact) mass is 305 g/mol. The van der Waals surface area contributed by atoms with Crippen LogP contribution in [0.15, 0.2) is 24.3 Å². The molecule has 0 aliphatic heterocycles. The van der Waals surface area contributed by atoms with Crippen molar-refractivity contribution in [3.63, 3.8) is 0 Å². The van der Waals surface area contributed by atoms with Crippen molar-refractivity contribution in [3.05, 3.63) is 29.8 Å². The zero-order valence-corrected chi connectivity index (χ0v) is 12.1. The van der Waals surface area contributed by atoms with Crippen LogP contribution in [0.2, 0.25) is 0 Å². The zero-order valence-electron chi connectivity index (χ0n) is 10.6. The van der Waals surface area contributed by atoms with Crippen LogP contribution in [0.5, 0.6) is 0 Å². The third-order valence-electron chi connectivity index (χ3n) is 2.23. The van der Waals surface area contributed by atoms with Gasteiger partial charge in [-0.05, 0) is 25.5 Å². The summed E-state index contributed by atoms with van der Waals surface area (Å²) in [7, 11) is -3.51. The Bertz CT molecular complexity index is 530. The molecule has 1 aromatic carbocycles. The van der Waals surface area contributed by atoms with Crippen molar-refractivity contribution in [3.8, 4) is 0 Å². The first kappa shape index (κ1) is 15.8. The highest BCUT2D eigenvalue weighted by Crippen LogP contribution is 2.18. The molecule has 1 rings (SSSR count). The van der Waals surface area contributed by atoms with E-state index in [1.165, 1.54) is 12.1 Å². The van der Waals surface area contributed by atoms with Crippen molar-refractivity contribution in [1.82, 2.24) is 0 Å². The van der Waals surface area contributed by atoms with Crippen LogP contribution in [0, 0.1) is 0 Å². The van der Waals surface area contributed by atoms with Gasteiger partial charge in [0.05, 0.1) is 23.6 Å². The predicted molar refractivity (Wildman–Crippen MR) is 75.1 cm³/mol. The lowest BCUT2D eigenvalue weighted by Gasteiger charge is -2.11. The molecule has 0 heterocycles. The van der Waals surface area contributed by atoms with E-state index in [0.717, 1.165) is 0 Å². The zero-order chi connectivity index (χ0) is 14.3. The fraction of sp³-hybridized carbons (Fsp3) is 0.417. The number of rotatable bonds is 7. The summed E-state index contributed by atoms with van der Waals surface area (Å²) < 4.78 is 30.8. The fourth-order valence-electron chi connectivity index (χ4n) is 1.42. The van der Waals surface area contributed by atoms with Gasteiger partial charge in [0, 0.05) is 5.88 Å². The summed E-state index contributed by atoms with van der Waals surface area (Å²) >= 11 is 5.47. The van der Waals surface area contributed by atoms with E-state index in [1.807, 2.05) is 0 Å². The molecular formula is C12H16ClNO4S. The van der Waals surface area contributed by atoms with Crippen LogP contribution in [0.4, 0.5) is 5.69 Å². The molecule has 0 amide bonds. The van der Waals surface area contributed by atoms with Gasteiger partial charge >= 0.3 is 5.97 Å². The number of alkyl halides is 1. The minimum absolute atomic E-state index is 0.0896. The number of sulfonamides is 1. The maximum absolute atomic E-state index is 11.8. The number of benzene rings is 1. The van der Waals surface area contributed by atoms with E-state index in [2.05, 4.69) is 4.72 Å². The molecule has 5 nitrogen and oxygen atoms in total. The minimum atomic E-state index is -3.51. The second-order valence-corrected chi connectivity index (χ2v) is 5.95. The molecule has 1 N–H and O–H groups in total. The maximum atomic E-state index is 11.8.